The van der Waals surface area contributed by atoms with Gasteiger partial charge in [0.1, 0.15) is 11.6 Å². The van der Waals surface area contributed by atoms with Gasteiger partial charge in [-0.15, -0.1) is 10.2 Å². The summed E-state index contributed by atoms with van der Waals surface area (Å²) >= 11 is 0. The number of aliphatic hydroxyl groups is 1. The van der Waals surface area contributed by atoms with E-state index in [1.165, 1.54) is 0 Å². The van der Waals surface area contributed by atoms with E-state index in [1.54, 1.807) is 0 Å². The van der Waals surface area contributed by atoms with Crippen LogP contribution in [0.15, 0.2) is 6.07 Å². The third-order valence-corrected chi connectivity index (χ3v) is 5.96. The fourth-order valence-corrected chi connectivity index (χ4v) is 4.36. The Bertz CT molecular complexity index is 793. The molecule has 2 aromatic heterocycles. The lowest BCUT2D eigenvalue weighted by atomic mass is 9.97. The number of piperidine rings is 2. The zero-order valence-corrected chi connectivity index (χ0v) is 17.2. The normalized spacial score (nSPS) is 22.0. The zero-order chi connectivity index (χ0) is 19.7. The lowest BCUT2D eigenvalue weighted by Gasteiger charge is -2.32. The Morgan fingerprint density at radius 1 is 1.04 bits per heavy atom. The van der Waals surface area contributed by atoms with Gasteiger partial charge in [-0.2, -0.15) is 0 Å². The Balaban J connectivity index is 1.46. The van der Waals surface area contributed by atoms with E-state index in [2.05, 4.69) is 41.6 Å². The van der Waals surface area contributed by atoms with Crippen molar-refractivity contribution in [2.75, 3.05) is 31.1 Å². The molecule has 1 N–H and O–H groups in total. The van der Waals surface area contributed by atoms with Gasteiger partial charge in [-0.3, -0.25) is 4.90 Å². The Kier molecular flexibility index (Phi) is 5.59. The number of aromatic nitrogens is 5. The first kappa shape index (κ1) is 19.3. The molecule has 0 amide bonds. The largest absolute Gasteiger partial charge is 0.393 e. The van der Waals surface area contributed by atoms with Crippen molar-refractivity contribution in [3.63, 3.8) is 0 Å². The highest BCUT2D eigenvalue weighted by molar-refractivity contribution is 5.34. The Morgan fingerprint density at radius 3 is 2.46 bits per heavy atom. The highest BCUT2D eigenvalue weighted by Crippen LogP contribution is 2.28. The first-order chi connectivity index (χ1) is 13.5. The minimum Gasteiger partial charge on any atom is -0.393 e. The number of nitrogens with zero attached hydrogens (tertiary/aromatic N) is 7. The maximum absolute atomic E-state index is 9.70. The molecule has 4 heterocycles. The van der Waals surface area contributed by atoms with E-state index in [9.17, 15) is 5.11 Å². The number of likely N-dealkylation sites (tertiary alicyclic amines) is 1. The van der Waals surface area contributed by atoms with Crippen LogP contribution in [0.25, 0.3) is 0 Å². The minimum atomic E-state index is -0.146. The van der Waals surface area contributed by atoms with Gasteiger partial charge in [0.15, 0.2) is 0 Å². The number of hydrogen-bond acceptors (Lipinski definition) is 7. The summed E-state index contributed by atoms with van der Waals surface area (Å²) in [4.78, 5) is 13.9. The third kappa shape index (κ3) is 4.17. The second-order valence-corrected chi connectivity index (χ2v) is 8.28. The van der Waals surface area contributed by atoms with Gasteiger partial charge in [-0.05, 0) is 45.6 Å². The van der Waals surface area contributed by atoms with Gasteiger partial charge < -0.3 is 14.6 Å². The van der Waals surface area contributed by atoms with E-state index in [4.69, 9.17) is 0 Å². The summed E-state index contributed by atoms with van der Waals surface area (Å²) in [6.07, 6.45) is 3.76. The molecule has 1 atom stereocenters. The number of rotatable bonds is 4. The molecule has 8 nitrogen and oxygen atoms in total. The standard InChI is InChI=1S/C20H31N7O/c1-14-11-15(2)22-20(21-14)27-8-4-5-16(12-27)19-24-23-18(25(19)3)13-26-9-6-17(28)7-10-26/h11,16-17,28H,4-10,12-13H2,1-3H3. The van der Waals surface area contributed by atoms with Crippen LogP contribution in [0.5, 0.6) is 0 Å². The summed E-state index contributed by atoms with van der Waals surface area (Å²) in [5.41, 5.74) is 2.02. The Hall–Kier alpha value is -2.06. The molecular weight excluding hydrogens is 354 g/mol. The molecule has 2 saturated heterocycles. The van der Waals surface area contributed by atoms with E-state index < -0.39 is 0 Å². The summed E-state index contributed by atoms with van der Waals surface area (Å²) in [6.45, 7) is 8.55. The van der Waals surface area contributed by atoms with Crippen molar-refractivity contribution < 1.29 is 5.11 Å². The fraction of sp³-hybridized carbons (Fsp3) is 0.700. The minimum absolute atomic E-state index is 0.146. The first-order valence-corrected chi connectivity index (χ1v) is 10.4. The Labute approximate surface area is 166 Å². The lowest BCUT2D eigenvalue weighted by Crippen LogP contribution is -2.37. The molecule has 1 unspecified atom stereocenters. The molecule has 0 radical (unpaired) electrons. The van der Waals surface area contributed by atoms with E-state index in [1.807, 2.05) is 19.9 Å². The van der Waals surface area contributed by atoms with Gasteiger partial charge in [0, 0.05) is 50.5 Å². The Morgan fingerprint density at radius 2 is 1.75 bits per heavy atom. The molecule has 2 aromatic rings. The quantitative estimate of drug-likeness (QED) is 0.855. The first-order valence-electron chi connectivity index (χ1n) is 10.4. The molecule has 2 fully saturated rings. The van der Waals surface area contributed by atoms with Crippen LogP contribution in [0.2, 0.25) is 0 Å². The van der Waals surface area contributed by atoms with Crippen molar-refractivity contribution in [1.82, 2.24) is 29.6 Å². The van der Waals surface area contributed by atoms with Crippen molar-refractivity contribution in [2.24, 2.45) is 7.05 Å². The van der Waals surface area contributed by atoms with Crippen LogP contribution in [0.4, 0.5) is 5.95 Å². The van der Waals surface area contributed by atoms with Crippen molar-refractivity contribution in [3.8, 4) is 0 Å². The van der Waals surface area contributed by atoms with E-state index in [0.717, 1.165) is 87.4 Å². The molecule has 0 aromatic carbocycles. The van der Waals surface area contributed by atoms with Gasteiger partial charge in [0.05, 0.1) is 12.6 Å². The van der Waals surface area contributed by atoms with Crippen LogP contribution in [0.3, 0.4) is 0 Å². The van der Waals surface area contributed by atoms with E-state index >= 15 is 0 Å². The average Bonchev–Trinajstić information content (AvgIpc) is 3.03. The molecule has 0 aliphatic carbocycles. The van der Waals surface area contributed by atoms with Crippen molar-refractivity contribution in [2.45, 2.75) is 58.1 Å². The molecular formula is C20H31N7O. The summed E-state index contributed by atoms with van der Waals surface area (Å²) in [5, 5.41) is 18.7. The second kappa shape index (κ2) is 8.13. The van der Waals surface area contributed by atoms with Gasteiger partial charge in [-0.25, -0.2) is 9.97 Å². The van der Waals surface area contributed by atoms with Gasteiger partial charge in [0.25, 0.3) is 0 Å². The summed E-state index contributed by atoms with van der Waals surface area (Å²) in [6, 6.07) is 2.01. The average molecular weight is 386 g/mol. The molecule has 0 bridgehead atoms. The van der Waals surface area contributed by atoms with Crippen LogP contribution >= 0.6 is 0 Å². The van der Waals surface area contributed by atoms with Gasteiger partial charge >= 0.3 is 0 Å². The van der Waals surface area contributed by atoms with Gasteiger partial charge in [-0.1, -0.05) is 0 Å². The molecule has 0 saturated carbocycles. The highest BCUT2D eigenvalue weighted by atomic mass is 16.3. The van der Waals surface area contributed by atoms with Crippen LogP contribution in [0, 0.1) is 13.8 Å². The maximum atomic E-state index is 9.70. The topological polar surface area (TPSA) is 83.2 Å². The number of aryl methyl sites for hydroxylation is 2. The lowest BCUT2D eigenvalue weighted by molar-refractivity contribution is 0.0775. The smallest absolute Gasteiger partial charge is 0.225 e. The third-order valence-electron chi connectivity index (χ3n) is 5.96. The molecule has 4 rings (SSSR count). The van der Waals surface area contributed by atoms with E-state index in [0.29, 0.717) is 5.92 Å². The molecule has 152 valence electrons. The van der Waals surface area contributed by atoms with Crippen molar-refractivity contribution >= 4 is 5.95 Å². The van der Waals surface area contributed by atoms with Crippen molar-refractivity contribution in [1.29, 1.82) is 0 Å². The summed E-state index contributed by atoms with van der Waals surface area (Å²) < 4.78 is 2.17. The molecule has 8 heteroatoms. The number of anilines is 1. The number of aliphatic hydroxyl groups excluding tert-OH is 1. The number of hydrogen-bond donors (Lipinski definition) is 1. The molecule has 2 aliphatic rings. The monoisotopic (exact) mass is 385 g/mol. The SMILES string of the molecule is Cc1cc(C)nc(N2CCCC(c3nnc(CN4CCC(O)CC4)n3C)C2)n1. The second-order valence-electron chi connectivity index (χ2n) is 8.28. The predicted octanol–water partition coefficient (Wildman–Crippen LogP) is 1.56. The van der Waals surface area contributed by atoms with Crippen LogP contribution < -0.4 is 4.90 Å². The molecule has 0 spiro atoms. The maximum Gasteiger partial charge on any atom is 0.225 e. The van der Waals surface area contributed by atoms with Crippen LogP contribution in [-0.4, -0.2) is 67.0 Å². The summed E-state index contributed by atoms with van der Waals surface area (Å²) in [7, 11) is 2.08. The fourth-order valence-electron chi connectivity index (χ4n) is 4.36. The highest BCUT2D eigenvalue weighted by Gasteiger charge is 2.28. The van der Waals surface area contributed by atoms with Crippen LogP contribution in [0.1, 0.15) is 54.6 Å². The predicted molar refractivity (Wildman–Crippen MR) is 107 cm³/mol. The van der Waals surface area contributed by atoms with Crippen molar-refractivity contribution in [3.05, 3.63) is 29.1 Å². The summed E-state index contributed by atoms with van der Waals surface area (Å²) in [5.74, 6) is 3.23. The zero-order valence-electron chi connectivity index (χ0n) is 17.2. The van der Waals surface area contributed by atoms with Crippen LogP contribution in [-0.2, 0) is 13.6 Å². The van der Waals surface area contributed by atoms with E-state index in [-0.39, 0.29) is 6.10 Å². The van der Waals surface area contributed by atoms with Gasteiger partial charge in [0.2, 0.25) is 5.95 Å². The molecule has 28 heavy (non-hydrogen) atoms. The molecule has 2 aliphatic heterocycles.